The van der Waals surface area contributed by atoms with Crippen LogP contribution in [0.3, 0.4) is 0 Å². The van der Waals surface area contributed by atoms with Gasteiger partial charge in [-0.1, -0.05) is 52.0 Å². The van der Waals surface area contributed by atoms with Gasteiger partial charge in [-0.15, -0.1) is 0 Å². The van der Waals surface area contributed by atoms with Crippen molar-refractivity contribution >= 4 is 0 Å². The quantitative estimate of drug-likeness (QED) is 0.908. The number of hydrogen-bond donors (Lipinski definition) is 1. The molecule has 2 unspecified atom stereocenters. The highest BCUT2D eigenvalue weighted by Crippen LogP contribution is 2.23. The van der Waals surface area contributed by atoms with Crippen LogP contribution < -0.4 is 5.32 Å². The van der Waals surface area contributed by atoms with Crippen LogP contribution in [0.5, 0.6) is 0 Å². The molecule has 0 radical (unpaired) electrons. The molecular weight excluding hydrogens is 244 g/mol. The third-order valence-corrected chi connectivity index (χ3v) is 4.59. The van der Waals surface area contributed by atoms with Gasteiger partial charge in [0.25, 0.3) is 0 Å². The van der Waals surface area contributed by atoms with Crippen molar-refractivity contribution in [1.82, 2.24) is 10.2 Å². The zero-order valence-electron chi connectivity index (χ0n) is 13.7. The van der Waals surface area contributed by atoms with Crippen molar-refractivity contribution in [3.8, 4) is 0 Å². The standard InChI is InChI=1S/C18H30N2/c1-14-12-20(11-10-17(14)19-5)13-15-6-8-16(9-7-15)18(2,3)4/h6-9,14,17,19H,10-13H2,1-5H3. The van der Waals surface area contributed by atoms with Gasteiger partial charge in [-0.05, 0) is 42.5 Å². The molecule has 2 atom stereocenters. The van der Waals surface area contributed by atoms with E-state index < -0.39 is 0 Å². The topological polar surface area (TPSA) is 15.3 Å². The maximum atomic E-state index is 3.44. The van der Waals surface area contributed by atoms with Gasteiger partial charge in [-0.25, -0.2) is 0 Å². The van der Waals surface area contributed by atoms with E-state index in [-0.39, 0.29) is 5.41 Å². The Bertz CT molecular complexity index is 416. The van der Waals surface area contributed by atoms with Gasteiger partial charge in [0.1, 0.15) is 0 Å². The molecule has 0 spiro atoms. The second-order valence-corrected chi connectivity index (χ2v) is 7.34. The third kappa shape index (κ3) is 3.83. The molecule has 112 valence electrons. The summed E-state index contributed by atoms with van der Waals surface area (Å²) in [6, 6.07) is 9.87. The fourth-order valence-electron chi connectivity index (χ4n) is 3.17. The molecule has 2 heteroatoms. The molecule has 20 heavy (non-hydrogen) atoms. The van der Waals surface area contributed by atoms with E-state index in [9.17, 15) is 0 Å². The fraction of sp³-hybridized carbons (Fsp3) is 0.667. The molecule has 2 rings (SSSR count). The van der Waals surface area contributed by atoms with Crippen LogP contribution in [0.25, 0.3) is 0 Å². The molecule has 0 aromatic heterocycles. The Kier molecular flexibility index (Phi) is 4.87. The van der Waals surface area contributed by atoms with E-state index in [1.807, 2.05) is 0 Å². The summed E-state index contributed by atoms with van der Waals surface area (Å²) in [5.74, 6) is 0.739. The zero-order valence-corrected chi connectivity index (χ0v) is 13.7. The summed E-state index contributed by atoms with van der Waals surface area (Å²) in [6.07, 6.45) is 1.26. The summed E-state index contributed by atoms with van der Waals surface area (Å²) >= 11 is 0. The number of piperidine rings is 1. The van der Waals surface area contributed by atoms with Crippen LogP contribution in [0.2, 0.25) is 0 Å². The number of nitrogens with zero attached hydrogens (tertiary/aromatic N) is 1. The summed E-state index contributed by atoms with van der Waals surface area (Å²) in [6.45, 7) is 12.7. The highest BCUT2D eigenvalue weighted by molar-refractivity contribution is 5.27. The number of nitrogens with one attached hydrogen (secondary N) is 1. The van der Waals surface area contributed by atoms with E-state index in [2.05, 4.69) is 69.2 Å². The Morgan fingerprint density at radius 3 is 2.35 bits per heavy atom. The summed E-state index contributed by atoms with van der Waals surface area (Å²) in [5.41, 5.74) is 3.11. The molecular formula is C18H30N2. The van der Waals surface area contributed by atoms with E-state index in [1.165, 1.54) is 30.6 Å². The number of rotatable bonds is 3. The second-order valence-electron chi connectivity index (χ2n) is 7.34. The van der Waals surface area contributed by atoms with Crippen LogP contribution in [0, 0.1) is 5.92 Å². The van der Waals surface area contributed by atoms with Crippen LogP contribution >= 0.6 is 0 Å². The van der Waals surface area contributed by atoms with Gasteiger partial charge >= 0.3 is 0 Å². The van der Waals surface area contributed by atoms with Crippen molar-refractivity contribution in [1.29, 1.82) is 0 Å². The van der Waals surface area contributed by atoms with Crippen molar-refractivity contribution in [2.75, 3.05) is 20.1 Å². The lowest BCUT2D eigenvalue weighted by atomic mass is 9.86. The SMILES string of the molecule is CNC1CCN(Cc2ccc(C(C)(C)C)cc2)CC1C. The number of benzene rings is 1. The first-order valence-corrected chi connectivity index (χ1v) is 7.89. The average Bonchev–Trinajstić information content (AvgIpc) is 2.38. The summed E-state index contributed by atoms with van der Waals surface area (Å²) in [5, 5.41) is 3.44. The lowest BCUT2D eigenvalue weighted by Gasteiger charge is -2.36. The molecule has 0 bridgehead atoms. The minimum absolute atomic E-state index is 0.248. The largest absolute Gasteiger partial charge is 0.317 e. The predicted molar refractivity (Wildman–Crippen MR) is 87.0 cm³/mol. The third-order valence-electron chi connectivity index (χ3n) is 4.59. The molecule has 1 fully saturated rings. The molecule has 1 saturated heterocycles. The van der Waals surface area contributed by atoms with E-state index in [0.717, 1.165) is 12.5 Å². The highest BCUT2D eigenvalue weighted by atomic mass is 15.1. The first-order chi connectivity index (χ1) is 9.40. The van der Waals surface area contributed by atoms with Crippen molar-refractivity contribution in [3.05, 3.63) is 35.4 Å². The van der Waals surface area contributed by atoms with Gasteiger partial charge in [-0.3, -0.25) is 4.90 Å². The molecule has 1 heterocycles. The van der Waals surface area contributed by atoms with Gasteiger partial charge in [-0.2, -0.15) is 0 Å². The Labute approximate surface area is 124 Å². The van der Waals surface area contributed by atoms with Crippen molar-refractivity contribution in [2.45, 2.75) is 52.1 Å². The monoisotopic (exact) mass is 274 g/mol. The predicted octanol–water partition coefficient (Wildman–Crippen LogP) is 3.41. The smallest absolute Gasteiger partial charge is 0.0233 e. The van der Waals surface area contributed by atoms with Crippen LogP contribution in [0.1, 0.15) is 45.2 Å². The van der Waals surface area contributed by atoms with E-state index in [4.69, 9.17) is 0 Å². The maximum absolute atomic E-state index is 3.44. The van der Waals surface area contributed by atoms with Gasteiger partial charge in [0, 0.05) is 19.1 Å². The van der Waals surface area contributed by atoms with Gasteiger partial charge in [0.15, 0.2) is 0 Å². The molecule has 1 aromatic carbocycles. The molecule has 0 saturated carbocycles. The van der Waals surface area contributed by atoms with Crippen LogP contribution in [0.15, 0.2) is 24.3 Å². The van der Waals surface area contributed by atoms with Gasteiger partial charge in [0.2, 0.25) is 0 Å². The average molecular weight is 274 g/mol. The minimum Gasteiger partial charge on any atom is -0.317 e. The van der Waals surface area contributed by atoms with Gasteiger partial charge < -0.3 is 5.32 Å². The first kappa shape index (κ1) is 15.5. The summed E-state index contributed by atoms with van der Waals surface area (Å²) in [7, 11) is 2.09. The van der Waals surface area contributed by atoms with Crippen LogP contribution in [-0.2, 0) is 12.0 Å². The van der Waals surface area contributed by atoms with Gasteiger partial charge in [0.05, 0.1) is 0 Å². The second kappa shape index (κ2) is 6.28. The number of likely N-dealkylation sites (tertiary alicyclic amines) is 1. The highest BCUT2D eigenvalue weighted by Gasteiger charge is 2.24. The van der Waals surface area contributed by atoms with E-state index in [0.29, 0.717) is 6.04 Å². The van der Waals surface area contributed by atoms with Crippen LogP contribution in [0.4, 0.5) is 0 Å². The van der Waals surface area contributed by atoms with Crippen LogP contribution in [-0.4, -0.2) is 31.1 Å². The maximum Gasteiger partial charge on any atom is 0.0233 e. The molecule has 0 amide bonds. The summed E-state index contributed by atoms with van der Waals surface area (Å²) in [4.78, 5) is 2.59. The minimum atomic E-state index is 0.248. The zero-order chi connectivity index (χ0) is 14.8. The Hall–Kier alpha value is -0.860. The lowest BCUT2D eigenvalue weighted by molar-refractivity contribution is 0.145. The van der Waals surface area contributed by atoms with E-state index in [1.54, 1.807) is 0 Å². The van der Waals surface area contributed by atoms with E-state index >= 15 is 0 Å². The molecule has 2 nitrogen and oxygen atoms in total. The number of hydrogen-bond acceptors (Lipinski definition) is 2. The first-order valence-electron chi connectivity index (χ1n) is 7.89. The van der Waals surface area contributed by atoms with Crippen molar-refractivity contribution in [2.24, 2.45) is 5.92 Å². The molecule has 1 aliphatic heterocycles. The molecule has 0 aliphatic carbocycles. The summed E-state index contributed by atoms with van der Waals surface area (Å²) < 4.78 is 0. The normalized spacial score (nSPS) is 24.9. The Morgan fingerprint density at radius 2 is 1.85 bits per heavy atom. The van der Waals surface area contributed by atoms with Crippen molar-refractivity contribution < 1.29 is 0 Å². The molecule has 1 N–H and O–H groups in total. The fourth-order valence-corrected chi connectivity index (χ4v) is 3.17. The molecule has 1 aliphatic rings. The Morgan fingerprint density at radius 1 is 1.20 bits per heavy atom. The molecule has 1 aromatic rings. The lowest BCUT2D eigenvalue weighted by Crippen LogP contribution is -2.46. The van der Waals surface area contributed by atoms with Crippen molar-refractivity contribution in [3.63, 3.8) is 0 Å². The Balaban J connectivity index is 1.94.